The summed E-state index contributed by atoms with van der Waals surface area (Å²) in [4.78, 5) is 19.2. The summed E-state index contributed by atoms with van der Waals surface area (Å²) in [6, 6.07) is 7.39. The van der Waals surface area contributed by atoms with Gasteiger partial charge >= 0.3 is 0 Å². The summed E-state index contributed by atoms with van der Waals surface area (Å²) < 4.78 is 0.972. The van der Waals surface area contributed by atoms with Gasteiger partial charge in [0.2, 0.25) is 0 Å². The molecular formula is C13H13BrN2OS. The van der Waals surface area contributed by atoms with E-state index in [1.54, 1.807) is 16.2 Å². The fraction of sp³-hybridized carbons (Fsp3) is 0.231. The Kier molecular flexibility index (Phi) is 4.14. The second kappa shape index (κ2) is 5.63. The zero-order valence-electron chi connectivity index (χ0n) is 10.2. The maximum Gasteiger partial charge on any atom is 0.253 e. The smallest absolute Gasteiger partial charge is 0.253 e. The normalized spacial score (nSPS) is 10.4. The van der Waals surface area contributed by atoms with Crippen molar-refractivity contribution in [3.63, 3.8) is 0 Å². The molecule has 1 heterocycles. The number of carbonyl (C=O) groups is 1. The van der Waals surface area contributed by atoms with Gasteiger partial charge in [-0.3, -0.25) is 4.79 Å². The zero-order chi connectivity index (χ0) is 13.1. The van der Waals surface area contributed by atoms with Crippen molar-refractivity contribution in [3.05, 3.63) is 50.4 Å². The van der Waals surface area contributed by atoms with E-state index in [2.05, 4.69) is 20.9 Å². The number of aromatic nitrogens is 1. The van der Waals surface area contributed by atoms with Crippen LogP contribution in [0, 0.1) is 6.92 Å². The summed E-state index contributed by atoms with van der Waals surface area (Å²) in [7, 11) is 1.81. The number of carbonyl (C=O) groups excluding carboxylic acids is 1. The van der Waals surface area contributed by atoms with Gasteiger partial charge in [-0.05, 0) is 31.2 Å². The van der Waals surface area contributed by atoms with Crippen LogP contribution in [0.2, 0.25) is 0 Å². The Bertz CT molecular complexity index is 550. The molecule has 3 nitrogen and oxygen atoms in total. The lowest BCUT2D eigenvalue weighted by atomic mass is 10.2. The molecule has 0 aliphatic carbocycles. The molecule has 0 saturated carbocycles. The van der Waals surface area contributed by atoms with E-state index in [-0.39, 0.29) is 5.91 Å². The second-order valence-electron chi connectivity index (χ2n) is 4.03. The molecule has 5 heteroatoms. The molecule has 94 valence electrons. The van der Waals surface area contributed by atoms with Crippen molar-refractivity contribution >= 4 is 33.2 Å². The molecule has 0 unspecified atom stereocenters. The number of hydrogen-bond donors (Lipinski definition) is 0. The maximum absolute atomic E-state index is 12.2. The third kappa shape index (κ3) is 2.97. The van der Waals surface area contributed by atoms with Gasteiger partial charge in [0.25, 0.3) is 5.91 Å². The van der Waals surface area contributed by atoms with Gasteiger partial charge in [0, 0.05) is 22.0 Å². The molecule has 2 aromatic rings. The Hall–Kier alpha value is -1.20. The summed E-state index contributed by atoms with van der Waals surface area (Å²) in [6.45, 7) is 2.56. The zero-order valence-corrected chi connectivity index (χ0v) is 12.6. The van der Waals surface area contributed by atoms with Gasteiger partial charge in [0.15, 0.2) is 0 Å². The molecule has 0 fully saturated rings. The van der Waals surface area contributed by atoms with E-state index in [1.807, 2.05) is 43.7 Å². The van der Waals surface area contributed by atoms with Crippen LogP contribution >= 0.6 is 27.3 Å². The Morgan fingerprint density at radius 1 is 1.39 bits per heavy atom. The minimum absolute atomic E-state index is 0.0234. The number of nitrogens with zero attached hydrogens (tertiary/aromatic N) is 2. The number of aryl methyl sites for hydroxylation is 1. The molecular weight excluding hydrogens is 312 g/mol. The molecule has 1 aromatic heterocycles. The SMILES string of the molecule is Cc1ncsc1CN(C)C(=O)c1ccc(Br)cc1. The predicted octanol–water partition coefficient (Wildman–Crippen LogP) is 3.49. The quantitative estimate of drug-likeness (QED) is 0.865. The maximum atomic E-state index is 12.2. The summed E-state index contributed by atoms with van der Waals surface area (Å²) in [5.41, 5.74) is 3.50. The van der Waals surface area contributed by atoms with E-state index in [4.69, 9.17) is 0 Å². The fourth-order valence-electron chi connectivity index (χ4n) is 1.58. The van der Waals surface area contributed by atoms with Gasteiger partial charge in [-0.15, -0.1) is 11.3 Å². The number of hydrogen-bond acceptors (Lipinski definition) is 3. The van der Waals surface area contributed by atoms with Gasteiger partial charge in [0.1, 0.15) is 0 Å². The molecule has 0 aliphatic rings. The number of amides is 1. The minimum atomic E-state index is 0.0234. The molecule has 1 aromatic carbocycles. The van der Waals surface area contributed by atoms with Crippen molar-refractivity contribution < 1.29 is 4.79 Å². The summed E-state index contributed by atoms with van der Waals surface area (Å²) in [5.74, 6) is 0.0234. The molecule has 0 spiro atoms. The van der Waals surface area contributed by atoms with Crippen molar-refractivity contribution in [1.82, 2.24) is 9.88 Å². The third-order valence-corrected chi connectivity index (χ3v) is 4.11. The topological polar surface area (TPSA) is 33.2 Å². The average Bonchev–Trinajstić information content (AvgIpc) is 2.75. The first-order valence-electron chi connectivity index (χ1n) is 5.48. The highest BCUT2D eigenvalue weighted by Gasteiger charge is 2.13. The van der Waals surface area contributed by atoms with E-state index >= 15 is 0 Å². The lowest BCUT2D eigenvalue weighted by Crippen LogP contribution is -2.26. The molecule has 0 saturated heterocycles. The Balaban J connectivity index is 2.09. The van der Waals surface area contributed by atoms with Crippen molar-refractivity contribution in [2.45, 2.75) is 13.5 Å². The van der Waals surface area contributed by atoms with E-state index in [0.717, 1.165) is 15.0 Å². The summed E-state index contributed by atoms with van der Waals surface area (Å²) >= 11 is 4.94. The van der Waals surface area contributed by atoms with Gasteiger partial charge in [-0.25, -0.2) is 4.98 Å². The number of halogens is 1. The van der Waals surface area contributed by atoms with Crippen molar-refractivity contribution in [1.29, 1.82) is 0 Å². The average molecular weight is 325 g/mol. The Morgan fingerprint density at radius 2 is 2.06 bits per heavy atom. The number of rotatable bonds is 3. The standard InChI is InChI=1S/C13H13BrN2OS/c1-9-12(18-8-15-9)7-16(2)13(17)10-3-5-11(14)6-4-10/h3-6,8H,7H2,1-2H3. The molecule has 0 atom stereocenters. The van der Waals surface area contributed by atoms with Crippen LogP contribution < -0.4 is 0 Å². The monoisotopic (exact) mass is 324 g/mol. The molecule has 1 amide bonds. The highest BCUT2D eigenvalue weighted by molar-refractivity contribution is 9.10. The fourth-order valence-corrected chi connectivity index (χ4v) is 2.67. The van der Waals surface area contributed by atoms with Crippen molar-refractivity contribution in [2.75, 3.05) is 7.05 Å². The summed E-state index contributed by atoms with van der Waals surface area (Å²) in [5, 5.41) is 0. The predicted molar refractivity (Wildman–Crippen MR) is 76.8 cm³/mol. The largest absolute Gasteiger partial charge is 0.336 e. The first kappa shape index (κ1) is 13.2. The Morgan fingerprint density at radius 3 is 2.61 bits per heavy atom. The first-order chi connectivity index (χ1) is 8.58. The van der Waals surface area contributed by atoms with Crippen LogP contribution in [0.15, 0.2) is 34.2 Å². The van der Waals surface area contributed by atoms with E-state index < -0.39 is 0 Å². The minimum Gasteiger partial charge on any atom is -0.336 e. The van der Waals surface area contributed by atoms with Crippen LogP contribution in [0.4, 0.5) is 0 Å². The third-order valence-electron chi connectivity index (χ3n) is 2.66. The van der Waals surface area contributed by atoms with Crippen LogP contribution in [-0.2, 0) is 6.54 Å². The second-order valence-corrected chi connectivity index (χ2v) is 5.88. The lowest BCUT2D eigenvalue weighted by Gasteiger charge is -2.16. The van der Waals surface area contributed by atoms with Gasteiger partial charge in [-0.1, -0.05) is 15.9 Å². The van der Waals surface area contributed by atoms with Crippen LogP contribution in [0.3, 0.4) is 0 Å². The van der Waals surface area contributed by atoms with E-state index in [1.165, 1.54) is 0 Å². The first-order valence-corrected chi connectivity index (χ1v) is 7.15. The van der Waals surface area contributed by atoms with Crippen LogP contribution in [0.5, 0.6) is 0 Å². The lowest BCUT2D eigenvalue weighted by molar-refractivity contribution is 0.0786. The van der Waals surface area contributed by atoms with Gasteiger partial charge < -0.3 is 4.90 Å². The van der Waals surface area contributed by atoms with Gasteiger partial charge in [-0.2, -0.15) is 0 Å². The van der Waals surface area contributed by atoms with Crippen LogP contribution in [0.1, 0.15) is 20.9 Å². The van der Waals surface area contributed by atoms with E-state index in [0.29, 0.717) is 12.1 Å². The molecule has 0 radical (unpaired) electrons. The molecule has 2 rings (SSSR count). The van der Waals surface area contributed by atoms with Crippen molar-refractivity contribution in [3.8, 4) is 0 Å². The highest BCUT2D eigenvalue weighted by atomic mass is 79.9. The van der Waals surface area contributed by atoms with E-state index in [9.17, 15) is 4.79 Å². The van der Waals surface area contributed by atoms with Crippen LogP contribution in [0.25, 0.3) is 0 Å². The molecule has 0 aliphatic heterocycles. The highest BCUT2D eigenvalue weighted by Crippen LogP contribution is 2.16. The van der Waals surface area contributed by atoms with Gasteiger partial charge in [0.05, 0.1) is 17.7 Å². The molecule has 18 heavy (non-hydrogen) atoms. The Labute approximate surface area is 119 Å². The van der Waals surface area contributed by atoms with Crippen LogP contribution in [-0.4, -0.2) is 22.8 Å². The molecule has 0 N–H and O–H groups in total. The summed E-state index contributed by atoms with van der Waals surface area (Å²) in [6.07, 6.45) is 0. The molecule has 0 bridgehead atoms. The number of benzene rings is 1. The number of thiazole rings is 1. The van der Waals surface area contributed by atoms with Crippen molar-refractivity contribution in [2.24, 2.45) is 0 Å².